The molecule has 4 rings (SSSR count). The summed E-state index contributed by atoms with van der Waals surface area (Å²) in [4.78, 5) is 15.0. The van der Waals surface area contributed by atoms with Crippen molar-refractivity contribution in [3.8, 4) is 17.1 Å². The van der Waals surface area contributed by atoms with Crippen LogP contribution in [0.4, 0.5) is 0 Å². The molecule has 0 aliphatic carbocycles. The van der Waals surface area contributed by atoms with Crippen LogP contribution < -0.4 is 4.74 Å². The molecule has 0 spiro atoms. The Morgan fingerprint density at radius 3 is 2.59 bits per heavy atom. The van der Waals surface area contributed by atoms with Crippen molar-refractivity contribution in [3.63, 3.8) is 0 Å². The number of benzene rings is 1. The first-order valence-corrected chi connectivity index (χ1v) is 9.88. The zero-order valence-corrected chi connectivity index (χ0v) is 17.0. The van der Waals surface area contributed by atoms with Gasteiger partial charge < -0.3 is 14.2 Å². The molecule has 0 atom stereocenters. The molecule has 0 saturated carbocycles. The number of aromatic nitrogens is 3. The van der Waals surface area contributed by atoms with Gasteiger partial charge in [-0.15, -0.1) is 5.10 Å². The third-order valence-electron chi connectivity index (χ3n) is 5.00. The van der Waals surface area contributed by atoms with Crippen LogP contribution in [0.1, 0.15) is 34.7 Å². The molecule has 29 heavy (non-hydrogen) atoms. The molecule has 7 nitrogen and oxygen atoms in total. The molecule has 3 aromatic rings. The van der Waals surface area contributed by atoms with Crippen molar-refractivity contribution in [1.29, 1.82) is 0 Å². The number of piperidine rings is 1. The van der Waals surface area contributed by atoms with Gasteiger partial charge in [-0.2, -0.15) is 5.10 Å². The fourth-order valence-corrected chi connectivity index (χ4v) is 3.64. The molecule has 8 heteroatoms. The van der Waals surface area contributed by atoms with Gasteiger partial charge >= 0.3 is 0 Å². The van der Waals surface area contributed by atoms with Crippen molar-refractivity contribution < 1.29 is 14.1 Å². The Balaban J connectivity index is 1.46. The van der Waals surface area contributed by atoms with Crippen molar-refractivity contribution in [3.05, 3.63) is 58.4 Å². The van der Waals surface area contributed by atoms with Gasteiger partial charge in [0.15, 0.2) is 0 Å². The SMILES string of the molecule is Cc1ccc(OC2CCN(C(=O)c3c(-c4ccccc4Cl)noc3C)CC2)nn1. The van der Waals surface area contributed by atoms with Crippen LogP contribution >= 0.6 is 11.6 Å². The molecule has 150 valence electrons. The maximum absolute atomic E-state index is 13.2. The lowest BCUT2D eigenvalue weighted by Gasteiger charge is -2.31. The van der Waals surface area contributed by atoms with Gasteiger partial charge in [-0.25, -0.2) is 0 Å². The van der Waals surface area contributed by atoms with Gasteiger partial charge in [-0.05, 0) is 26.0 Å². The predicted octanol–water partition coefficient (Wildman–Crippen LogP) is 4.09. The molecule has 1 aliphatic heterocycles. The third kappa shape index (κ3) is 4.10. The number of aryl methyl sites for hydroxylation is 2. The van der Waals surface area contributed by atoms with E-state index in [2.05, 4.69) is 15.4 Å². The average Bonchev–Trinajstić information content (AvgIpc) is 3.11. The zero-order valence-electron chi connectivity index (χ0n) is 16.3. The lowest BCUT2D eigenvalue weighted by molar-refractivity contribution is 0.0585. The predicted molar refractivity (Wildman–Crippen MR) is 108 cm³/mol. The normalized spacial score (nSPS) is 14.8. The number of hydrogen-bond donors (Lipinski definition) is 0. The summed E-state index contributed by atoms with van der Waals surface area (Å²) < 4.78 is 11.2. The monoisotopic (exact) mass is 412 g/mol. The second-order valence-corrected chi connectivity index (χ2v) is 7.47. The van der Waals surface area contributed by atoms with E-state index in [1.165, 1.54) is 0 Å². The zero-order chi connectivity index (χ0) is 20.4. The highest BCUT2D eigenvalue weighted by Gasteiger charge is 2.30. The van der Waals surface area contributed by atoms with Crippen molar-refractivity contribution >= 4 is 17.5 Å². The van der Waals surface area contributed by atoms with Crippen molar-refractivity contribution in [2.45, 2.75) is 32.8 Å². The van der Waals surface area contributed by atoms with E-state index in [0.717, 1.165) is 5.69 Å². The van der Waals surface area contributed by atoms with E-state index in [-0.39, 0.29) is 12.0 Å². The Morgan fingerprint density at radius 2 is 1.90 bits per heavy atom. The molecular formula is C21H21ClN4O3. The number of nitrogens with zero attached hydrogens (tertiary/aromatic N) is 4. The molecule has 0 N–H and O–H groups in total. The summed E-state index contributed by atoms with van der Waals surface area (Å²) in [6.07, 6.45) is 1.43. The summed E-state index contributed by atoms with van der Waals surface area (Å²) >= 11 is 6.30. The van der Waals surface area contributed by atoms with E-state index >= 15 is 0 Å². The van der Waals surface area contributed by atoms with Crippen LogP contribution in [0.2, 0.25) is 5.02 Å². The van der Waals surface area contributed by atoms with Gasteiger partial charge in [0.05, 0.1) is 10.7 Å². The van der Waals surface area contributed by atoms with Crippen LogP contribution in [0.15, 0.2) is 40.9 Å². The lowest BCUT2D eigenvalue weighted by Crippen LogP contribution is -2.42. The minimum absolute atomic E-state index is 0.00247. The van der Waals surface area contributed by atoms with Gasteiger partial charge in [-0.1, -0.05) is 35.0 Å². The fourth-order valence-electron chi connectivity index (χ4n) is 3.42. The number of halogens is 1. The number of hydrogen-bond acceptors (Lipinski definition) is 6. The minimum Gasteiger partial charge on any atom is -0.473 e. The summed E-state index contributed by atoms with van der Waals surface area (Å²) in [6.45, 7) is 4.78. The summed E-state index contributed by atoms with van der Waals surface area (Å²) in [7, 11) is 0. The molecule has 0 bridgehead atoms. The quantitative estimate of drug-likeness (QED) is 0.642. The Morgan fingerprint density at radius 1 is 1.14 bits per heavy atom. The van der Waals surface area contributed by atoms with Crippen LogP contribution in [0.25, 0.3) is 11.3 Å². The Hall–Kier alpha value is -2.93. The molecule has 0 unspecified atom stereocenters. The summed E-state index contributed by atoms with van der Waals surface area (Å²) in [6, 6.07) is 11.0. The first-order chi connectivity index (χ1) is 14.0. The van der Waals surface area contributed by atoms with Gasteiger partial charge in [0.1, 0.15) is 23.1 Å². The standard InChI is InChI=1S/C21H21ClN4O3/c1-13-7-8-18(24-23-13)28-15-9-11-26(12-10-15)21(27)19-14(2)29-25-20(19)16-5-3-4-6-17(16)22/h3-8,15H,9-12H2,1-2H3. The van der Waals surface area contributed by atoms with Crippen LogP contribution in [0, 0.1) is 13.8 Å². The molecule has 1 fully saturated rings. The van der Waals surface area contributed by atoms with Gasteiger partial charge in [-0.3, -0.25) is 4.79 Å². The van der Waals surface area contributed by atoms with E-state index < -0.39 is 0 Å². The molecule has 1 amide bonds. The molecule has 0 radical (unpaired) electrons. The minimum atomic E-state index is -0.104. The summed E-state index contributed by atoms with van der Waals surface area (Å²) in [5, 5.41) is 12.7. The van der Waals surface area contributed by atoms with E-state index in [4.69, 9.17) is 20.9 Å². The van der Waals surface area contributed by atoms with E-state index in [9.17, 15) is 4.79 Å². The van der Waals surface area contributed by atoms with Crippen LogP contribution in [0.3, 0.4) is 0 Å². The molecular weight excluding hydrogens is 392 g/mol. The summed E-state index contributed by atoms with van der Waals surface area (Å²) in [5.74, 6) is 0.890. The number of ether oxygens (including phenoxy) is 1. The molecule has 1 saturated heterocycles. The van der Waals surface area contributed by atoms with Gasteiger partial charge in [0.2, 0.25) is 5.88 Å². The third-order valence-corrected chi connectivity index (χ3v) is 5.33. The Bertz CT molecular complexity index is 1010. The topological polar surface area (TPSA) is 81.4 Å². The van der Waals surface area contributed by atoms with E-state index in [0.29, 0.717) is 59.4 Å². The second kappa shape index (κ2) is 8.21. The highest BCUT2D eigenvalue weighted by molar-refractivity contribution is 6.33. The molecule has 1 aliphatic rings. The van der Waals surface area contributed by atoms with E-state index in [1.807, 2.05) is 37.3 Å². The average molecular weight is 413 g/mol. The van der Waals surface area contributed by atoms with Crippen LogP contribution in [0.5, 0.6) is 5.88 Å². The molecule has 3 heterocycles. The highest BCUT2D eigenvalue weighted by Crippen LogP contribution is 2.32. The maximum atomic E-state index is 13.2. The van der Waals surface area contributed by atoms with Crippen LogP contribution in [-0.4, -0.2) is 45.4 Å². The van der Waals surface area contributed by atoms with E-state index in [1.54, 1.807) is 17.9 Å². The maximum Gasteiger partial charge on any atom is 0.259 e. The highest BCUT2D eigenvalue weighted by atomic mass is 35.5. The van der Waals surface area contributed by atoms with Crippen molar-refractivity contribution in [2.24, 2.45) is 0 Å². The fraction of sp³-hybridized carbons (Fsp3) is 0.333. The Labute approximate surface area is 173 Å². The largest absolute Gasteiger partial charge is 0.473 e. The smallest absolute Gasteiger partial charge is 0.259 e. The van der Waals surface area contributed by atoms with Gasteiger partial charge in [0, 0.05) is 37.6 Å². The van der Waals surface area contributed by atoms with Crippen molar-refractivity contribution in [2.75, 3.05) is 13.1 Å². The second-order valence-electron chi connectivity index (χ2n) is 7.06. The first kappa shape index (κ1) is 19.4. The number of carbonyl (C=O) groups is 1. The lowest BCUT2D eigenvalue weighted by atomic mass is 10.0. The number of amides is 1. The molecule has 2 aromatic heterocycles. The van der Waals surface area contributed by atoms with Gasteiger partial charge in [0.25, 0.3) is 5.91 Å². The first-order valence-electron chi connectivity index (χ1n) is 9.50. The molecule has 1 aromatic carbocycles. The number of likely N-dealkylation sites (tertiary alicyclic amines) is 1. The number of carbonyl (C=O) groups excluding carboxylic acids is 1. The Kier molecular flexibility index (Phi) is 5.49. The van der Waals surface area contributed by atoms with Crippen LogP contribution in [-0.2, 0) is 0 Å². The number of rotatable bonds is 4. The van der Waals surface area contributed by atoms with Crippen molar-refractivity contribution in [1.82, 2.24) is 20.3 Å². The summed E-state index contributed by atoms with van der Waals surface area (Å²) in [5.41, 5.74) is 2.47.